The van der Waals surface area contributed by atoms with Crippen molar-refractivity contribution in [2.75, 3.05) is 20.6 Å². The summed E-state index contributed by atoms with van der Waals surface area (Å²) in [5.74, 6) is -1.45. The quantitative estimate of drug-likeness (QED) is 0.672. The molecule has 6 heteroatoms. The third-order valence-corrected chi connectivity index (χ3v) is 2.38. The summed E-state index contributed by atoms with van der Waals surface area (Å²) < 4.78 is 0. The third-order valence-electron chi connectivity index (χ3n) is 2.38. The number of nitrogens with zero attached hydrogens (tertiary/aromatic N) is 1. The predicted molar refractivity (Wildman–Crippen MR) is 65.4 cm³/mol. The van der Waals surface area contributed by atoms with Crippen molar-refractivity contribution in [3.05, 3.63) is 23.8 Å². The fourth-order valence-electron chi connectivity index (χ4n) is 1.32. The fourth-order valence-corrected chi connectivity index (χ4v) is 1.32. The van der Waals surface area contributed by atoms with Crippen molar-refractivity contribution in [3.8, 4) is 11.5 Å². The summed E-state index contributed by atoms with van der Waals surface area (Å²) in [6, 6.07) is 4.12. The highest BCUT2D eigenvalue weighted by Gasteiger charge is 2.13. The van der Waals surface area contributed by atoms with Crippen molar-refractivity contribution in [3.63, 3.8) is 0 Å². The first kappa shape index (κ1) is 13.8. The number of hydrogen-bond donors (Lipinski definition) is 3. The molecule has 0 radical (unpaired) electrons. The van der Waals surface area contributed by atoms with E-state index in [-0.39, 0.29) is 30.2 Å². The molecule has 0 aliphatic rings. The van der Waals surface area contributed by atoms with Crippen LogP contribution in [0.2, 0.25) is 0 Å². The lowest BCUT2D eigenvalue weighted by Crippen LogP contribution is -2.30. The van der Waals surface area contributed by atoms with Crippen molar-refractivity contribution >= 4 is 11.8 Å². The van der Waals surface area contributed by atoms with E-state index in [0.29, 0.717) is 0 Å². The molecular weight excluding hydrogens is 236 g/mol. The second kappa shape index (κ2) is 5.90. The van der Waals surface area contributed by atoms with Gasteiger partial charge in [-0.25, -0.2) is 0 Å². The Hall–Kier alpha value is -2.24. The topological polar surface area (TPSA) is 89.9 Å². The zero-order valence-corrected chi connectivity index (χ0v) is 10.3. The number of benzene rings is 1. The summed E-state index contributed by atoms with van der Waals surface area (Å²) >= 11 is 0. The predicted octanol–water partition coefficient (Wildman–Crippen LogP) is 0.306. The van der Waals surface area contributed by atoms with Crippen LogP contribution >= 0.6 is 0 Å². The lowest BCUT2D eigenvalue weighted by Gasteiger charge is -2.11. The maximum Gasteiger partial charge on any atom is 0.255 e. The molecule has 1 aromatic carbocycles. The number of phenolic OH excluding ortho intramolecular Hbond substituents is 2. The number of rotatable bonds is 4. The minimum Gasteiger partial charge on any atom is -0.504 e. The number of amides is 2. The van der Waals surface area contributed by atoms with E-state index >= 15 is 0 Å². The van der Waals surface area contributed by atoms with Crippen molar-refractivity contribution < 1.29 is 19.8 Å². The molecule has 0 aliphatic heterocycles. The van der Waals surface area contributed by atoms with E-state index in [4.69, 9.17) is 0 Å². The van der Waals surface area contributed by atoms with Crippen LogP contribution in [-0.4, -0.2) is 47.6 Å². The van der Waals surface area contributed by atoms with Gasteiger partial charge in [0.15, 0.2) is 11.5 Å². The highest BCUT2D eigenvalue weighted by molar-refractivity contribution is 5.97. The number of aromatic hydroxyl groups is 2. The molecule has 0 spiro atoms. The van der Waals surface area contributed by atoms with Crippen LogP contribution in [-0.2, 0) is 4.79 Å². The maximum absolute atomic E-state index is 11.7. The van der Waals surface area contributed by atoms with Crippen LogP contribution in [0.15, 0.2) is 18.2 Å². The van der Waals surface area contributed by atoms with Crippen molar-refractivity contribution in [2.45, 2.75) is 6.42 Å². The van der Waals surface area contributed by atoms with Gasteiger partial charge in [-0.1, -0.05) is 6.07 Å². The van der Waals surface area contributed by atoms with Gasteiger partial charge in [-0.2, -0.15) is 0 Å². The molecule has 0 atom stereocenters. The monoisotopic (exact) mass is 252 g/mol. The first-order valence-corrected chi connectivity index (χ1v) is 5.42. The molecule has 2 amide bonds. The Labute approximate surface area is 105 Å². The number of carbonyl (C=O) groups is 2. The van der Waals surface area contributed by atoms with Crippen LogP contribution in [0.4, 0.5) is 0 Å². The third kappa shape index (κ3) is 3.38. The minimum atomic E-state index is -0.532. The molecule has 1 aromatic rings. The van der Waals surface area contributed by atoms with Crippen LogP contribution in [0.25, 0.3) is 0 Å². The van der Waals surface area contributed by atoms with Crippen LogP contribution in [0.3, 0.4) is 0 Å². The SMILES string of the molecule is CN(C)C(=O)CCNC(=O)c1cccc(O)c1O. The van der Waals surface area contributed by atoms with Gasteiger partial charge in [0.25, 0.3) is 5.91 Å². The molecule has 6 nitrogen and oxygen atoms in total. The van der Waals surface area contributed by atoms with Gasteiger partial charge in [0, 0.05) is 27.1 Å². The van der Waals surface area contributed by atoms with E-state index < -0.39 is 11.7 Å². The van der Waals surface area contributed by atoms with Crippen molar-refractivity contribution in [1.29, 1.82) is 0 Å². The zero-order valence-electron chi connectivity index (χ0n) is 10.3. The second-order valence-corrected chi connectivity index (χ2v) is 3.97. The van der Waals surface area contributed by atoms with Crippen molar-refractivity contribution in [2.24, 2.45) is 0 Å². The van der Waals surface area contributed by atoms with Gasteiger partial charge in [0.2, 0.25) is 5.91 Å². The maximum atomic E-state index is 11.7. The highest BCUT2D eigenvalue weighted by Crippen LogP contribution is 2.27. The Bertz CT molecular complexity index is 457. The summed E-state index contributed by atoms with van der Waals surface area (Å²) in [5.41, 5.74) is -0.0210. The summed E-state index contributed by atoms with van der Waals surface area (Å²) in [6.45, 7) is 0.172. The van der Waals surface area contributed by atoms with Crippen LogP contribution in [0, 0.1) is 0 Å². The molecule has 0 aromatic heterocycles. The van der Waals surface area contributed by atoms with Gasteiger partial charge >= 0.3 is 0 Å². The standard InChI is InChI=1S/C12H16N2O4/c1-14(2)10(16)6-7-13-12(18)8-4-3-5-9(15)11(8)17/h3-5,15,17H,6-7H2,1-2H3,(H,13,18). The van der Waals surface area contributed by atoms with E-state index in [1.165, 1.54) is 23.1 Å². The molecule has 18 heavy (non-hydrogen) atoms. The Balaban J connectivity index is 2.56. The van der Waals surface area contributed by atoms with Gasteiger partial charge in [-0.05, 0) is 12.1 Å². The average molecular weight is 252 g/mol. The number of carbonyl (C=O) groups excluding carboxylic acids is 2. The van der Waals surface area contributed by atoms with Crippen LogP contribution < -0.4 is 5.32 Å². The Kier molecular flexibility index (Phi) is 4.53. The van der Waals surface area contributed by atoms with Crippen molar-refractivity contribution in [1.82, 2.24) is 10.2 Å². The number of nitrogens with one attached hydrogen (secondary N) is 1. The average Bonchev–Trinajstić information content (AvgIpc) is 2.32. The summed E-state index contributed by atoms with van der Waals surface area (Å²) in [5, 5.41) is 21.2. The molecule has 98 valence electrons. The fraction of sp³-hybridized carbons (Fsp3) is 0.333. The molecule has 0 saturated carbocycles. The lowest BCUT2D eigenvalue weighted by atomic mass is 10.1. The molecule has 0 aliphatic carbocycles. The Morgan fingerprint density at radius 2 is 1.94 bits per heavy atom. The van der Waals surface area contributed by atoms with E-state index in [1.54, 1.807) is 14.1 Å². The normalized spacial score (nSPS) is 9.89. The van der Waals surface area contributed by atoms with Gasteiger partial charge in [0.1, 0.15) is 0 Å². The van der Waals surface area contributed by atoms with Gasteiger partial charge in [-0.3, -0.25) is 9.59 Å². The molecule has 1 rings (SSSR count). The molecule has 0 saturated heterocycles. The Morgan fingerprint density at radius 1 is 1.28 bits per heavy atom. The number of phenols is 2. The highest BCUT2D eigenvalue weighted by atomic mass is 16.3. The van der Waals surface area contributed by atoms with E-state index in [1.807, 2.05) is 0 Å². The lowest BCUT2D eigenvalue weighted by molar-refractivity contribution is -0.128. The molecule has 0 unspecified atom stereocenters. The molecule has 0 fully saturated rings. The molecule has 0 bridgehead atoms. The second-order valence-electron chi connectivity index (χ2n) is 3.97. The largest absolute Gasteiger partial charge is 0.504 e. The van der Waals surface area contributed by atoms with Gasteiger partial charge in [0.05, 0.1) is 5.56 Å². The van der Waals surface area contributed by atoms with Crippen LogP contribution in [0.5, 0.6) is 11.5 Å². The Morgan fingerprint density at radius 3 is 2.56 bits per heavy atom. The summed E-state index contributed by atoms with van der Waals surface area (Å²) in [6.07, 6.45) is 0.179. The van der Waals surface area contributed by atoms with E-state index in [2.05, 4.69) is 5.32 Å². The van der Waals surface area contributed by atoms with Crippen LogP contribution in [0.1, 0.15) is 16.8 Å². The molecule has 0 heterocycles. The van der Waals surface area contributed by atoms with E-state index in [9.17, 15) is 19.8 Å². The summed E-state index contributed by atoms with van der Waals surface area (Å²) in [4.78, 5) is 24.4. The molecule has 3 N–H and O–H groups in total. The smallest absolute Gasteiger partial charge is 0.255 e. The first-order valence-electron chi connectivity index (χ1n) is 5.42. The first-order chi connectivity index (χ1) is 8.43. The van der Waals surface area contributed by atoms with Gasteiger partial charge < -0.3 is 20.4 Å². The molecular formula is C12H16N2O4. The number of para-hydroxylation sites is 1. The summed E-state index contributed by atoms with van der Waals surface area (Å²) in [7, 11) is 3.26. The number of hydrogen-bond acceptors (Lipinski definition) is 4. The van der Waals surface area contributed by atoms with Gasteiger partial charge in [-0.15, -0.1) is 0 Å². The minimum absolute atomic E-state index is 0.0210. The zero-order chi connectivity index (χ0) is 13.7. The van der Waals surface area contributed by atoms with E-state index in [0.717, 1.165) is 0 Å².